The van der Waals surface area contributed by atoms with Crippen LogP contribution in [0.4, 0.5) is 5.69 Å². The standard InChI is InChI=1S/C9H15ClN4O/c1-13(2)4-3-5-14-6-12-8(10)7(11)9(14)15/h6H,3-5,11H2,1-2H3. The molecule has 0 fully saturated rings. The quantitative estimate of drug-likeness (QED) is 0.762. The molecule has 0 saturated carbocycles. The first kappa shape index (κ1) is 12.0. The van der Waals surface area contributed by atoms with Gasteiger partial charge in [0.05, 0.1) is 6.33 Å². The molecule has 1 rings (SSSR count). The number of nitrogens with two attached hydrogens (primary N) is 1. The Hall–Kier alpha value is -1.07. The summed E-state index contributed by atoms with van der Waals surface area (Å²) in [6.07, 6.45) is 2.30. The van der Waals surface area contributed by atoms with Gasteiger partial charge in [-0.2, -0.15) is 0 Å². The highest BCUT2D eigenvalue weighted by Gasteiger charge is 2.05. The third-order valence-electron chi connectivity index (χ3n) is 2.03. The van der Waals surface area contributed by atoms with Gasteiger partial charge < -0.3 is 10.6 Å². The summed E-state index contributed by atoms with van der Waals surface area (Å²) in [4.78, 5) is 17.4. The van der Waals surface area contributed by atoms with Crippen molar-refractivity contribution >= 4 is 17.3 Å². The SMILES string of the molecule is CN(C)CCCn1cnc(Cl)c(N)c1=O. The van der Waals surface area contributed by atoms with Crippen LogP contribution in [0.3, 0.4) is 0 Å². The number of aryl methyl sites for hydroxylation is 1. The van der Waals surface area contributed by atoms with Crippen LogP contribution in [-0.4, -0.2) is 35.1 Å². The van der Waals surface area contributed by atoms with Crippen molar-refractivity contribution in [3.8, 4) is 0 Å². The summed E-state index contributed by atoms with van der Waals surface area (Å²) in [5.74, 6) is 0. The third-order valence-corrected chi connectivity index (χ3v) is 2.33. The Morgan fingerprint density at radius 3 is 2.87 bits per heavy atom. The van der Waals surface area contributed by atoms with Gasteiger partial charge in [0.1, 0.15) is 5.69 Å². The largest absolute Gasteiger partial charge is 0.392 e. The van der Waals surface area contributed by atoms with Gasteiger partial charge >= 0.3 is 0 Å². The molecule has 0 unspecified atom stereocenters. The minimum atomic E-state index is -0.270. The van der Waals surface area contributed by atoms with Crippen molar-refractivity contribution in [3.63, 3.8) is 0 Å². The summed E-state index contributed by atoms with van der Waals surface area (Å²) < 4.78 is 1.48. The van der Waals surface area contributed by atoms with Gasteiger partial charge in [-0.3, -0.25) is 9.36 Å². The first-order chi connectivity index (χ1) is 7.02. The fourth-order valence-electron chi connectivity index (χ4n) is 1.20. The van der Waals surface area contributed by atoms with E-state index in [0.29, 0.717) is 6.54 Å². The smallest absolute Gasteiger partial charge is 0.278 e. The summed E-state index contributed by atoms with van der Waals surface area (Å²) in [6.45, 7) is 1.51. The van der Waals surface area contributed by atoms with E-state index in [4.69, 9.17) is 17.3 Å². The number of halogens is 1. The predicted molar refractivity (Wildman–Crippen MR) is 61.1 cm³/mol. The molecule has 15 heavy (non-hydrogen) atoms. The highest BCUT2D eigenvalue weighted by atomic mass is 35.5. The van der Waals surface area contributed by atoms with Crippen LogP contribution in [0.2, 0.25) is 5.15 Å². The molecule has 84 valence electrons. The number of nitrogen functional groups attached to an aromatic ring is 1. The van der Waals surface area contributed by atoms with E-state index in [0.717, 1.165) is 13.0 Å². The Morgan fingerprint density at radius 1 is 1.60 bits per heavy atom. The Labute approximate surface area is 93.5 Å². The maximum Gasteiger partial charge on any atom is 0.278 e. The van der Waals surface area contributed by atoms with E-state index in [2.05, 4.69) is 9.88 Å². The normalized spacial score (nSPS) is 10.9. The number of anilines is 1. The fraction of sp³-hybridized carbons (Fsp3) is 0.556. The summed E-state index contributed by atoms with van der Waals surface area (Å²) in [7, 11) is 3.97. The Morgan fingerprint density at radius 2 is 2.27 bits per heavy atom. The highest BCUT2D eigenvalue weighted by Crippen LogP contribution is 2.07. The summed E-state index contributed by atoms with van der Waals surface area (Å²) in [6, 6.07) is 0. The van der Waals surface area contributed by atoms with Gasteiger partial charge in [-0.1, -0.05) is 11.6 Å². The molecule has 5 nitrogen and oxygen atoms in total. The molecule has 2 N–H and O–H groups in total. The van der Waals surface area contributed by atoms with E-state index < -0.39 is 0 Å². The maximum atomic E-state index is 11.6. The molecule has 0 aliphatic heterocycles. The molecule has 0 spiro atoms. The van der Waals surface area contributed by atoms with Crippen molar-refractivity contribution in [2.45, 2.75) is 13.0 Å². The third kappa shape index (κ3) is 3.21. The van der Waals surface area contributed by atoms with Crippen molar-refractivity contribution in [1.82, 2.24) is 14.5 Å². The average Bonchev–Trinajstić information content (AvgIpc) is 2.18. The molecule has 0 aromatic carbocycles. The Balaban J connectivity index is 2.71. The van der Waals surface area contributed by atoms with Crippen LogP contribution >= 0.6 is 11.6 Å². The van der Waals surface area contributed by atoms with E-state index in [-0.39, 0.29) is 16.4 Å². The molecule has 0 atom stereocenters. The van der Waals surface area contributed by atoms with Gasteiger partial charge in [-0.25, -0.2) is 4.98 Å². The fourth-order valence-corrected chi connectivity index (χ4v) is 1.33. The number of rotatable bonds is 4. The molecule has 6 heteroatoms. The average molecular weight is 231 g/mol. The van der Waals surface area contributed by atoms with Gasteiger partial charge in [-0.05, 0) is 27.1 Å². The van der Waals surface area contributed by atoms with Crippen molar-refractivity contribution in [1.29, 1.82) is 0 Å². The van der Waals surface area contributed by atoms with Crippen LogP contribution in [-0.2, 0) is 6.54 Å². The lowest BCUT2D eigenvalue weighted by atomic mass is 10.4. The van der Waals surface area contributed by atoms with Crippen molar-refractivity contribution < 1.29 is 0 Å². The second-order valence-electron chi connectivity index (χ2n) is 3.60. The van der Waals surface area contributed by atoms with E-state index >= 15 is 0 Å². The molecule has 0 aliphatic carbocycles. The van der Waals surface area contributed by atoms with Crippen molar-refractivity contribution in [3.05, 3.63) is 21.8 Å². The second kappa shape index (κ2) is 5.14. The summed E-state index contributed by atoms with van der Waals surface area (Å²) in [5.41, 5.74) is 5.22. The van der Waals surface area contributed by atoms with Crippen LogP contribution in [0.15, 0.2) is 11.1 Å². The highest BCUT2D eigenvalue weighted by molar-refractivity contribution is 6.31. The zero-order chi connectivity index (χ0) is 11.4. The van der Waals surface area contributed by atoms with Gasteiger partial charge in [0.15, 0.2) is 5.15 Å². The van der Waals surface area contributed by atoms with Gasteiger partial charge in [-0.15, -0.1) is 0 Å². The van der Waals surface area contributed by atoms with Crippen molar-refractivity contribution in [2.24, 2.45) is 0 Å². The van der Waals surface area contributed by atoms with Crippen LogP contribution in [0.5, 0.6) is 0 Å². The number of hydrogen-bond acceptors (Lipinski definition) is 4. The molecule has 1 aromatic heterocycles. The monoisotopic (exact) mass is 230 g/mol. The zero-order valence-corrected chi connectivity index (χ0v) is 9.66. The predicted octanol–water partition coefficient (Wildman–Crippen LogP) is 0.431. The van der Waals surface area contributed by atoms with E-state index in [1.54, 1.807) is 0 Å². The molecule has 0 bridgehead atoms. The summed E-state index contributed by atoms with van der Waals surface area (Å²) >= 11 is 5.61. The minimum absolute atomic E-state index is 0.0176. The van der Waals surface area contributed by atoms with Crippen LogP contribution < -0.4 is 11.3 Å². The molecule has 0 aliphatic rings. The van der Waals surface area contributed by atoms with E-state index in [9.17, 15) is 4.79 Å². The molecular formula is C9H15ClN4O. The first-order valence-electron chi connectivity index (χ1n) is 4.67. The van der Waals surface area contributed by atoms with E-state index in [1.807, 2.05) is 14.1 Å². The van der Waals surface area contributed by atoms with Gasteiger partial charge in [0.25, 0.3) is 5.56 Å². The second-order valence-corrected chi connectivity index (χ2v) is 3.96. The number of nitrogens with zero attached hydrogens (tertiary/aromatic N) is 3. The topological polar surface area (TPSA) is 64.2 Å². The summed E-state index contributed by atoms with van der Waals surface area (Å²) in [5, 5.41) is 0.0730. The van der Waals surface area contributed by atoms with Crippen LogP contribution in [0.25, 0.3) is 0 Å². The molecular weight excluding hydrogens is 216 g/mol. The first-order valence-corrected chi connectivity index (χ1v) is 5.05. The van der Waals surface area contributed by atoms with Crippen molar-refractivity contribution in [2.75, 3.05) is 26.4 Å². The lowest BCUT2D eigenvalue weighted by molar-refractivity contribution is 0.384. The molecule has 1 heterocycles. The van der Waals surface area contributed by atoms with Gasteiger partial charge in [0.2, 0.25) is 0 Å². The molecule has 0 amide bonds. The van der Waals surface area contributed by atoms with Gasteiger partial charge in [0, 0.05) is 6.54 Å². The van der Waals surface area contributed by atoms with E-state index in [1.165, 1.54) is 10.9 Å². The Kier molecular flexibility index (Phi) is 4.11. The van der Waals surface area contributed by atoms with Crippen LogP contribution in [0.1, 0.15) is 6.42 Å². The lowest BCUT2D eigenvalue weighted by Gasteiger charge is -2.10. The lowest BCUT2D eigenvalue weighted by Crippen LogP contribution is -2.25. The zero-order valence-electron chi connectivity index (χ0n) is 8.90. The molecule has 0 saturated heterocycles. The maximum absolute atomic E-state index is 11.6. The van der Waals surface area contributed by atoms with Crippen LogP contribution in [0, 0.1) is 0 Å². The minimum Gasteiger partial charge on any atom is -0.392 e. The molecule has 1 aromatic rings. The number of aromatic nitrogens is 2. The molecule has 0 radical (unpaired) electrons. The number of hydrogen-bond donors (Lipinski definition) is 1. The Bertz CT molecular complexity index is 388.